The van der Waals surface area contributed by atoms with Crippen LogP contribution in [0.25, 0.3) is 0 Å². The molecule has 150 valence electrons. The van der Waals surface area contributed by atoms with Crippen molar-refractivity contribution in [2.75, 3.05) is 13.2 Å². The molecule has 1 amide bonds. The average molecular weight is 400 g/mol. The number of nitrogens with one attached hydrogen (secondary N) is 2. The summed E-state index contributed by atoms with van der Waals surface area (Å²) in [6.45, 7) is 3.15. The average Bonchev–Trinajstić information content (AvgIpc) is 2.62. The SMILES string of the molecule is C[C@@H]1[C@H](C)CCC[C@@H]1NC(=O)COC(=O)CNS(=O)(=O)c1ccc(F)cc1. The number of hydrogen-bond acceptors (Lipinski definition) is 5. The molecule has 0 radical (unpaired) electrons. The molecule has 1 fully saturated rings. The van der Waals surface area contributed by atoms with Gasteiger partial charge in [0.05, 0.1) is 4.90 Å². The minimum Gasteiger partial charge on any atom is -0.455 e. The number of amides is 1. The number of rotatable bonds is 7. The highest BCUT2D eigenvalue weighted by Gasteiger charge is 2.28. The molecule has 0 saturated heterocycles. The van der Waals surface area contributed by atoms with Crippen LogP contribution < -0.4 is 10.0 Å². The van der Waals surface area contributed by atoms with Crippen LogP contribution in [-0.4, -0.2) is 39.5 Å². The van der Waals surface area contributed by atoms with Crippen LogP contribution in [0.2, 0.25) is 0 Å². The minimum absolute atomic E-state index is 0.0527. The number of carbonyl (C=O) groups is 2. The lowest BCUT2D eigenvalue weighted by molar-refractivity contribution is -0.147. The molecule has 0 aliphatic heterocycles. The van der Waals surface area contributed by atoms with Gasteiger partial charge in [0.15, 0.2) is 6.61 Å². The molecule has 3 atom stereocenters. The third kappa shape index (κ3) is 6.28. The van der Waals surface area contributed by atoms with Crippen LogP contribution in [0.5, 0.6) is 0 Å². The zero-order valence-electron chi connectivity index (χ0n) is 15.4. The van der Waals surface area contributed by atoms with E-state index in [0.29, 0.717) is 11.8 Å². The predicted molar refractivity (Wildman–Crippen MR) is 96.7 cm³/mol. The highest BCUT2D eigenvalue weighted by atomic mass is 32.2. The van der Waals surface area contributed by atoms with Gasteiger partial charge in [0.1, 0.15) is 12.4 Å². The maximum Gasteiger partial charge on any atom is 0.321 e. The molecule has 27 heavy (non-hydrogen) atoms. The van der Waals surface area contributed by atoms with Crippen molar-refractivity contribution in [3.8, 4) is 0 Å². The molecular weight excluding hydrogens is 375 g/mol. The second-order valence-electron chi connectivity index (χ2n) is 6.88. The Morgan fingerprint density at radius 1 is 1.19 bits per heavy atom. The Morgan fingerprint density at radius 3 is 2.52 bits per heavy atom. The van der Waals surface area contributed by atoms with Crippen LogP contribution in [0.3, 0.4) is 0 Å². The Balaban J connectivity index is 1.75. The molecule has 0 bridgehead atoms. The Hall–Kier alpha value is -2.00. The fraction of sp³-hybridized carbons (Fsp3) is 0.556. The number of halogens is 1. The van der Waals surface area contributed by atoms with Gasteiger partial charge in [-0.2, -0.15) is 4.72 Å². The van der Waals surface area contributed by atoms with Crippen molar-refractivity contribution >= 4 is 21.9 Å². The number of esters is 1. The zero-order chi connectivity index (χ0) is 20.0. The van der Waals surface area contributed by atoms with E-state index in [1.165, 1.54) is 0 Å². The Labute approximate surface area is 158 Å². The first-order chi connectivity index (χ1) is 12.7. The van der Waals surface area contributed by atoms with E-state index < -0.39 is 40.9 Å². The van der Waals surface area contributed by atoms with Gasteiger partial charge in [-0.15, -0.1) is 0 Å². The molecule has 0 spiro atoms. The van der Waals surface area contributed by atoms with Crippen LogP contribution in [0.4, 0.5) is 4.39 Å². The molecule has 1 aliphatic carbocycles. The third-order valence-electron chi connectivity index (χ3n) is 4.95. The van der Waals surface area contributed by atoms with Gasteiger partial charge >= 0.3 is 5.97 Å². The summed E-state index contributed by atoms with van der Waals surface area (Å²) in [5.41, 5.74) is 0. The highest BCUT2D eigenvalue weighted by Crippen LogP contribution is 2.29. The molecule has 0 heterocycles. The molecular formula is C18H25FN2O5S. The van der Waals surface area contributed by atoms with Gasteiger partial charge in [-0.25, -0.2) is 12.8 Å². The van der Waals surface area contributed by atoms with Gasteiger partial charge in [0.25, 0.3) is 5.91 Å². The van der Waals surface area contributed by atoms with E-state index in [1.807, 2.05) is 0 Å². The largest absolute Gasteiger partial charge is 0.455 e. The lowest BCUT2D eigenvalue weighted by Gasteiger charge is -2.34. The van der Waals surface area contributed by atoms with Crippen LogP contribution in [0.1, 0.15) is 33.1 Å². The smallest absolute Gasteiger partial charge is 0.321 e. The molecule has 9 heteroatoms. The zero-order valence-corrected chi connectivity index (χ0v) is 16.2. The fourth-order valence-electron chi connectivity index (χ4n) is 3.08. The number of hydrogen-bond donors (Lipinski definition) is 2. The van der Waals surface area contributed by atoms with Gasteiger partial charge in [0.2, 0.25) is 10.0 Å². The van der Waals surface area contributed by atoms with E-state index >= 15 is 0 Å². The monoisotopic (exact) mass is 400 g/mol. The van der Waals surface area contributed by atoms with Crippen molar-refractivity contribution < 1.29 is 27.1 Å². The van der Waals surface area contributed by atoms with E-state index in [0.717, 1.165) is 43.5 Å². The van der Waals surface area contributed by atoms with Crippen LogP contribution in [-0.2, 0) is 24.3 Å². The topological polar surface area (TPSA) is 102 Å². The fourth-order valence-corrected chi connectivity index (χ4v) is 4.05. The maximum absolute atomic E-state index is 12.9. The van der Waals surface area contributed by atoms with E-state index in [9.17, 15) is 22.4 Å². The van der Waals surface area contributed by atoms with Crippen molar-refractivity contribution in [1.82, 2.24) is 10.0 Å². The van der Waals surface area contributed by atoms with E-state index in [-0.39, 0.29) is 10.9 Å². The number of benzene rings is 1. The van der Waals surface area contributed by atoms with Gasteiger partial charge in [0, 0.05) is 6.04 Å². The Bertz CT molecular complexity index is 766. The summed E-state index contributed by atoms with van der Waals surface area (Å²) >= 11 is 0. The lowest BCUT2D eigenvalue weighted by Crippen LogP contribution is -2.45. The summed E-state index contributed by atoms with van der Waals surface area (Å²) in [6, 6.07) is 4.23. The van der Waals surface area contributed by atoms with Crippen molar-refractivity contribution in [3.05, 3.63) is 30.1 Å². The van der Waals surface area contributed by atoms with E-state index in [4.69, 9.17) is 4.74 Å². The Morgan fingerprint density at radius 2 is 1.85 bits per heavy atom. The van der Waals surface area contributed by atoms with Crippen LogP contribution >= 0.6 is 0 Å². The van der Waals surface area contributed by atoms with Crippen LogP contribution in [0, 0.1) is 17.7 Å². The molecule has 0 aromatic heterocycles. The first-order valence-corrected chi connectivity index (χ1v) is 10.4. The van der Waals surface area contributed by atoms with Gasteiger partial charge in [-0.05, 0) is 42.5 Å². The van der Waals surface area contributed by atoms with Gasteiger partial charge < -0.3 is 10.1 Å². The minimum atomic E-state index is -3.96. The molecule has 1 saturated carbocycles. The normalized spacial score (nSPS) is 22.9. The molecule has 0 unspecified atom stereocenters. The predicted octanol–water partition coefficient (Wildman–Crippen LogP) is 1.59. The molecule has 7 nitrogen and oxygen atoms in total. The summed E-state index contributed by atoms with van der Waals surface area (Å²) in [4.78, 5) is 23.5. The summed E-state index contributed by atoms with van der Waals surface area (Å²) in [5, 5.41) is 2.87. The van der Waals surface area contributed by atoms with E-state index in [1.54, 1.807) is 0 Å². The Kier molecular flexibility index (Phi) is 7.32. The molecule has 1 aromatic carbocycles. The lowest BCUT2D eigenvalue weighted by atomic mass is 9.78. The summed E-state index contributed by atoms with van der Waals surface area (Å²) in [7, 11) is -3.96. The third-order valence-corrected chi connectivity index (χ3v) is 6.37. The number of carbonyl (C=O) groups excluding carboxylic acids is 2. The number of ether oxygens (including phenoxy) is 1. The van der Waals surface area contributed by atoms with Crippen molar-refractivity contribution in [3.63, 3.8) is 0 Å². The second kappa shape index (κ2) is 9.27. The molecule has 1 aliphatic rings. The molecule has 1 aromatic rings. The maximum atomic E-state index is 12.9. The van der Waals surface area contributed by atoms with Gasteiger partial charge in [-0.3, -0.25) is 9.59 Å². The summed E-state index contributed by atoms with van der Waals surface area (Å²) < 4.78 is 43.7. The van der Waals surface area contributed by atoms with Crippen molar-refractivity contribution in [2.45, 2.75) is 44.0 Å². The first-order valence-electron chi connectivity index (χ1n) is 8.89. The second-order valence-corrected chi connectivity index (χ2v) is 8.65. The van der Waals surface area contributed by atoms with Crippen molar-refractivity contribution in [2.24, 2.45) is 11.8 Å². The van der Waals surface area contributed by atoms with Crippen LogP contribution in [0.15, 0.2) is 29.2 Å². The number of sulfonamides is 1. The van der Waals surface area contributed by atoms with Crippen molar-refractivity contribution in [1.29, 1.82) is 0 Å². The quantitative estimate of drug-likeness (QED) is 0.677. The summed E-state index contributed by atoms with van der Waals surface area (Å²) in [6.07, 6.45) is 3.07. The molecule has 2 N–H and O–H groups in total. The van der Waals surface area contributed by atoms with Gasteiger partial charge in [-0.1, -0.05) is 26.7 Å². The first kappa shape index (κ1) is 21.3. The summed E-state index contributed by atoms with van der Waals surface area (Å²) in [5.74, 6) is -0.981. The highest BCUT2D eigenvalue weighted by molar-refractivity contribution is 7.89. The standard InChI is InChI=1S/C18H25FN2O5S/c1-12-4-3-5-16(13(12)2)21-17(22)11-26-18(23)10-20-27(24,25)15-8-6-14(19)7-9-15/h6-9,12-13,16,20H,3-5,10-11H2,1-2H3,(H,21,22)/t12-,13-,16+/m1/s1. The molecule has 2 rings (SSSR count). The van der Waals surface area contributed by atoms with E-state index in [2.05, 4.69) is 23.9 Å².